The first-order valence-electron chi connectivity index (χ1n) is 13.8. The molecule has 0 aliphatic heterocycles. The molecule has 248 valence electrons. The predicted octanol–water partition coefficient (Wildman–Crippen LogP) is 4.64. The highest BCUT2D eigenvalue weighted by Gasteiger charge is 2.23. The van der Waals surface area contributed by atoms with Crippen LogP contribution in [0.1, 0.15) is 34.2 Å². The van der Waals surface area contributed by atoms with Gasteiger partial charge >= 0.3 is 0 Å². The fourth-order valence-electron chi connectivity index (χ4n) is 4.59. The third-order valence-electron chi connectivity index (χ3n) is 6.85. The molecule has 2 aromatic carbocycles. The van der Waals surface area contributed by atoms with Crippen molar-refractivity contribution in [3.8, 4) is 17.3 Å². The van der Waals surface area contributed by atoms with Crippen LogP contribution in [0, 0.1) is 20.8 Å². The molecule has 3 aromatic heterocycles. The number of aromatic nitrogens is 6. The second-order valence-electron chi connectivity index (χ2n) is 10.1. The third kappa shape index (κ3) is 6.82. The Labute approximate surface area is 276 Å². The number of rotatable bonds is 10. The zero-order valence-corrected chi connectivity index (χ0v) is 27.1. The summed E-state index contributed by atoms with van der Waals surface area (Å²) in [5, 5.41) is 27.8. The Morgan fingerprint density at radius 2 is 1.71 bits per heavy atom. The highest BCUT2D eigenvalue weighted by atomic mass is 35.5. The first-order chi connectivity index (χ1) is 22.7. The Bertz CT molecular complexity index is 2290. The van der Waals surface area contributed by atoms with Gasteiger partial charge in [0, 0.05) is 17.8 Å². The molecule has 48 heavy (non-hydrogen) atoms. The monoisotopic (exact) mass is 695 g/mol. The second-order valence-corrected chi connectivity index (χ2v) is 11.8. The molecule has 6 N–H and O–H groups in total. The number of halogens is 1. The number of azo groups is 1. The minimum atomic E-state index is -4.85. The maximum absolute atomic E-state index is 13.0. The van der Waals surface area contributed by atoms with Crippen LogP contribution >= 0.6 is 11.6 Å². The summed E-state index contributed by atoms with van der Waals surface area (Å²) >= 11 is 6.21. The van der Waals surface area contributed by atoms with Gasteiger partial charge in [-0.25, -0.2) is 0 Å². The number of amides is 1. The van der Waals surface area contributed by atoms with E-state index >= 15 is 0 Å². The Morgan fingerprint density at radius 3 is 2.31 bits per heavy atom. The van der Waals surface area contributed by atoms with Gasteiger partial charge in [-0.3, -0.25) is 18.7 Å². The van der Waals surface area contributed by atoms with Crippen LogP contribution in [0.3, 0.4) is 0 Å². The van der Waals surface area contributed by atoms with Gasteiger partial charge in [-0.15, -0.1) is 10.2 Å². The fourth-order valence-corrected chi connectivity index (χ4v) is 5.44. The molecule has 0 bridgehead atoms. The minimum absolute atomic E-state index is 0.0218. The van der Waals surface area contributed by atoms with Gasteiger partial charge in [-0.05, 0) is 69.1 Å². The summed E-state index contributed by atoms with van der Waals surface area (Å²) in [6.45, 7) is 6.03. The molecule has 0 saturated carbocycles. The number of nitrogens with zero attached hydrogens (tertiary/aromatic N) is 8. The summed E-state index contributed by atoms with van der Waals surface area (Å²) in [4.78, 5) is 41.2. The molecule has 0 atom stereocenters. The smallest absolute Gasteiger partial charge is 0.296 e. The van der Waals surface area contributed by atoms with Crippen LogP contribution in [-0.4, -0.2) is 53.6 Å². The zero-order valence-electron chi connectivity index (χ0n) is 25.5. The summed E-state index contributed by atoms with van der Waals surface area (Å²) in [5.74, 6) is -1.02. The van der Waals surface area contributed by atoms with E-state index in [0.717, 1.165) is 10.6 Å². The number of nitrogens with one attached hydrogen (secondary N) is 2. The Kier molecular flexibility index (Phi) is 9.19. The van der Waals surface area contributed by atoms with E-state index in [4.69, 9.17) is 21.9 Å². The number of nitrogens with two attached hydrogens (primary N) is 1. The molecule has 0 unspecified atom stereocenters. The topological polar surface area (TPSA) is 266 Å². The summed E-state index contributed by atoms with van der Waals surface area (Å²) in [6.07, 6.45) is 0. The normalized spacial score (nSPS) is 11.6. The SMILES string of the molecule is CCn1c(O)c(C(N)=O)c(C)c(N=Nc2cc(Nc3nc(Cl)nc(Nc4ccccc4-c4nc(C)no4)n3)c(C)cc2S(=O)(=O)O)c1=O. The number of anilines is 4. The van der Waals surface area contributed by atoms with E-state index < -0.39 is 43.7 Å². The van der Waals surface area contributed by atoms with E-state index in [0.29, 0.717) is 22.6 Å². The molecule has 20 heteroatoms. The Hall–Kier alpha value is -5.79. The van der Waals surface area contributed by atoms with Gasteiger partial charge in [-0.1, -0.05) is 17.3 Å². The molecule has 3 heterocycles. The molecule has 5 rings (SSSR count). The highest BCUT2D eigenvalue weighted by molar-refractivity contribution is 7.86. The molecule has 0 spiro atoms. The fraction of sp³-hybridized carbons (Fsp3) is 0.179. The maximum atomic E-state index is 13.0. The molecule has 0 fully saturated rings. The average Bonchev–Trinajstić information content (AvgIpc) is 3.43. The molecule has 1 amide bonds. The first-order valence-corrected chi connectivity index (χ1v) is 15.6. The molecular formula is C28H26ClN11O7S. The van der Waals surface area contributed by atoms with Gasteiger partial charge in [-0.2, -0.15) is 28.4 Å². The van der Waals surface area contributed by atoms with Gasteiger partial charge in [0.05, 0.1) is 11.3 Å². The number of pyridine rings is 1. The number of carbonyl (C=O) groups excluding carboxylic acids is 1. The number of aromatic hydroxyl groups is 1. The van der Waals surface area contributed by atoms with Crippen molar-refractivity contribution in [3.05, 3.63) is 74.6 Å². The standard InChI is InChI=1S/C28H26ClN11O7S/c1-5-40-24(42)20(22(30)41)13(3)21(25(40)43)38-37-18-11-17(12(2)10-19(18)48(44,45)46)33-28-35-26(29)34-27(36-28)32-16-9-7-6-8-15(16)23-31-14(4)39-47-23/h6-11,42H,5H2,1-4H3,(H2,30,41)(H,44,45,46)(H2,32,33,34,35,36). The maximum Gasteiger partial charge on any atom is 0.296 e. The van der Waals surface area contributed by atoms with Gasteiger partial charge in [0.2, 0.25) is 23.1 Å². The molecular weight excluding hydrogens is 670 g/mol. The van der Waals surface area contributed by atoms with Crippen molar-refractivity contribution in [1.82, 2.24) is 29.7 Å². The average molecular weight is 696 g/mol. The number of para-hydroxylation sites is 1. The van der Waals surface area contributed by atoms with Crippen LogP contribution in [0.5, 0.6) is 5.88 Å². The lowest BCUT2D eigenvalue weighted by atomic mass is 10.1. The molecule has 5 aromatic rings. The van der Waals surface area contributed by atoms with Crippen LogP contribution < -0.4 is 21.9 Å². The van der Waals surface area contributed by atoms with Crippen LogP contribution in [-0.2, 0) is 16.7 Å². The van der Waals surface area contributed by atoms with Gasteiger partial charge in [0.25, 0.3) is 27.5 Å². The van der Waals surface area contributed by atoms with E-state index in [1.54, 1.807) is 31.2 Å². The van der Waals surface area contributed by atoms with E-state index in [9.17, 15) is 27.7 Å². The quantitative estimate of drug-likeness (QED) is 0.0984. The highest BCUT2D eigenvalue weighted by Crippen LogP contribution is 2.35. The van der Waals surface area contributed by atoms with Crippen LogP contribution in [0.15, 0.2) is 60.8 Å². The lowest BCUT2D eigenvalue weighted by Crippen LogP contribution is -2.25. The number of hydrogen-bond acceptors (Lipinski definition) is 15. The van der Waals surface area contributed by atoms with Crippen molar-refractivity contribution in [1.29, 1.82) is 0 Å². The molecule has 0 aliphatic rings. The van der Waals surface area contributed by atoms with Crippen LogP contribution in [0.25, 0.3) is 11.5 Å². The van der Waals surface area contributed by atoms with E-state index in [1.165, 1.54) is 26.8 Å². The Morgan fingerprint density at radius 1 is 1.04 bits per heavy atom. The van der Waals surface area contributed by atoms with Crippen molar-refractivity contribution in [2.24, 2.45) is 16.0 Å². The predicted molar refractivity (Wildman–Crippen MR) is 172 cm³/mol. The third-order valence-corrected chi connectivity index (χ3v) is 7.90. The lowest BCUT2D eigenvalue weighted by molar-refractivity contribution is 0.0995. The first kappa shape index (κ1) is 33.6. The van der Waals surface area contributed by atoms with Crippen LogP contribution in [0.4, 0.5) is 34.6 Å². The lowest BCUT2D eigenvalue weighted by Gasteiger charge is -2.14. The van der Waals surface area contributed by atoms with Gasteiger partial charge in [0.15, 0.2) is 11.5 Å². The number of benzene rings is 2. The van der Waals surface area contributed by atoms with Crippen molar-refractivity contribution < 1.29 is 27.4 Å². The largest absolute Gasteiger partial charge is 0.494 e. The van der Waals surface area contributed by atoms with Crippen LogP contribution in [0.2, 0.25) is 5.28 Å². The summed E-state index contributed by atoms with van der Waals surface area (Å²) in [6, 6.07) is 9.34. The molecule has 18 nitrogen and oxygen atoms in total. The number of primary amides is 1. The van der Waals surface area contributed by atoms with Crippen molar-refractivity contribution in [3.63, 3.8) is 0 Å². The van der Waals surface area contributed by atoms with E-state index in [2.05, 4.69) is 46.0 Å². The number of carbonyl (C=O) groups is 1. The zero-order chi connectivity index (χ0) is 34.9. The summed E-state index contributed by atoms with van der Waals surface area (Å²) < 4.78 is 40.7. The number of hydrogen-bond donors (Lipinski definition) is 5. The van der Waals surface area contributed by atoms with Crippen molar-refractivity contribution >= 4 is 62.3 Å². The summed E-state index contributed by atoms with van der Waals surface area (Å²) in [5.41, 5.74) is 4.92. The second kappa shape index (κ2) is 13.1. The van der Waals surface area contributed by atoms with Gasteiger partial charge in [0.1, 0.15) is 16.1 Å². The Balaban J connectivity index is 1.54. The van der Waals surface area contributed by atoms with Gasteiger partial charge < -0.3 is 26.0 Å². The van der Waals surface area contributed by atoms with Crippen molar-refractivity contribution in [2.45, 2.75) is 39.1 Å². The molecule has 0 saturated heterocycles. The minimum Gasteiger partial charge on any atom is -0.494 e. The molecule has 0 radical (unpaired) electrons. The van der Waals surface area contributed by atoms with E-state index in [-0.39, 0.29) is 46.4 Å². The summed E-state index contributed by atoms with van der Waals surface area (Å²) in [7, 11) is -4.85. The van der Waals surface area contributed by atoms with E-state index in [1.807, 2.05) is 0 Å². The number of aryl methyl sites for hydroxylation is 2. The van der Waals surface area contributed by atoms with Crippen molar-refractivity contribution in [2.75, 3.05) is 10.6 Å². The molecule has 0 aliphatic carbocycles.